The molecular formula is C16H31N3O. The number of hydrogen-bond donors (Lipinski definition) is 1. The van der Waals surface area contributed by atoms with Gasteiger partial charge in [0, 0.05) is 25.5 Å². The summed E-state index contributed by atoms with van der Waals surface area (Å²) in [6.45, 7) is 11.4. The van der Waals surface area contributed by atoms with E-state index in [4.69, 9.17) is 4.74 Å². The number of nitrogens with zero attached hydrogens (tertiary/aromatic N) is 2. The van der Waals surface area contributed by atoms with Crippen LogP contribution in [0.25, 0.3) is 0 Å². The smallest absolute Gasteiger partial charge is 0.128 e. The highest BCUT2D eigenvalue weighted by molar-refractivity contribution is 5.02. The van der Waals surface area contributed by atoms with Gasteiger partial charge in [-0.3, -0.25) is 0 Å². The molecule has 1 rings (SSSR count). The quantitative estimate of drug-likeness (QED) is 0.674. The average molecular weight is 281 g/mol. The highest BCUT2D eigenvalue weighted by atomic mass is 16.5. The molecule has 0 amide bonds. The summed E-state index contributed by atoms with van der Waals surface area (Å²) in [4.78, 5) is 4.59. The van der Waals surface area contributed by atoms with Gasteiger partial charge in [-0.05, 0) is 32.7 Å². The minimum atomic E-state index is 0.191. The Morgan fingerprint density at radius 2 is 2.00 bits per heavy atom. The normalized spacial score (nSPS) is 14.4. The third kappa shape index (κ3) is 4.91. The molecular weight excluding hydrogens is 250 g/mol. The van der Waals surface area contributed by atoms with E-state index in [1.807, 2.05) is 6.20 Å². The van der Waals surface area contributed by atoms with Crippen LogP contribution in [-0.4, -0.2) is 28.8 Å². The van der Waals surface area contributed by atoms with Gasteiger partial charge in [0.1, 0.15) is 5.82 Å². The molecule has 1 aromatic heterocycles. The van der Waals surface area contributed by atoms with E-state index >= 15 is 0 Å². The second kappa shape index (κ2) is 9.94. The van der Waals surface area contributed by atoms with Crippen molar-refractivity contribution in [1.82, 2.24) is 14.9 Å². The van der Waals surface area contributed by atoms with Crippen molar-refractivity contribution >= 4 is 0 Å². The zero-order valence-corrected chi connectivity index (χ0v) is 13.6. The van der Waals surface area contributed by atoms with Crippen molar-refractivity contribution in [2.75, 3.05) is 13.2 Å². The molecule has 4 nitrogen and oxygen atoms in total. The summed E-state index contributed by atoms with van der Waals surface area (Å²) in [7, 11) is 0. The van der Waals surface area contributed by atoms with E-state index in [0.717, 1.165) is 51.2 Å². The number of nitrogens with one attached hydrogen (secondary N) is 1. The zero-order chi connectivity index (χ0) is 14.8. The molecule has 0 saturated heterocycles. The first-order chi connectivity index (χ1) is 9.78. The summed E-state index contributed by atoms with van der Waals surface area (Å²) in [6, 6.07) is 0.191. The Labute approximate surface area is 123 Å². The van der Waals surface area contributed by atoms with Gasteiger partial charge in [0.05, 0.1) is 12.1 Å². The highest BCUT2D eigenvalue weighted by Crippen LogP contribution is 2.22. The Morgan fingerprint density at radius 1 is 1.20 bits per heavy atom. The van der Waals surface area contributed by atoms with Crippen LogP contribution in [0, 0.1) is 0 Å². The molecule has 1 aromatic rings. The van der Waals surface area contributed by atoms with Gasteiger partial charge in [0.2, 0.25) is 0 Å². The Morgan fingerprint density at radius 3 is 2.60 bits per heavy atom. The number of ether oxygens (including phenoxy) is 1. The minimum absolute atomic E-state index is 0.191. The first-order valence-electron chi connectivity index (χ1n) is 8.14. The maximum Gasteiger partial charge on any atom is 0.128 e. The molecule has 2 atom stereocenters. The summed E-state index contributed by atoms with van der Waals surface area (Å²) in [5.41, 5.74) is 0. The molecule has 0 aromatic carbocycles. The molecule has 0 aliphatic heterocycles. The molecule has 0 fully saturated rings. The van der Waals surface area contributed by atoms with Gasteiger partial charge in [-0.1, -0.05) is 27.2 Å². The monoisotopic (exact) mass is 281 g/mol. The van der Waals surface area contributed by atoms with Crippen molar-refractivity contribution in [3.05, 3.63) is 18.2 Å². The summed E-state index contributed by atoms with van der Waals surface area (Å²) in [5, 5.41) is 3.63. The molecule has 4 heteroatoms. The van der Waals surface area contributed by atoms with E-state index in [0.29, 0.717) is 0 Å². The third-order valence-corrected chi connectivity index (χ3v) is 3.43. The van der Waals surface area contributed by atoms with Crippen LogP contribution in [0.1, 0.15) is 65.2 Å². The van der Waals surface area contributed by atoms with E-state index in [2.05, 4.69) is 48.8 Å². The fourth-order valence-corrected chi connectivity index (χ4v) is 2.56. The van der Waals surface area contributed by atoms with E-state index in [1.165, 1.54) is 0 Å². The minimum Gasteiger partial charge on any atom is -0.376 e. The van der Waals surface area contributed by atoms with Crippen molar-refractivity contribution in [2.45, 2.75) is 72.1 Å². The maximum atomic E-state index is 5.98. The maximum absolute atomic E-state index is 5.98. The molecule has 0 spiro atoms. The molecule has 1 heterocycles. The molecule has 1 N–H and O–H groups in total. The van der Waals surface area contributed by atoms with Gasteiger partial charge in [-0.25, -0.2) is 4.98 Å². The first-order valence-corrected chi connectivity index (χ1v) is 8.14. The second-order valence-electron chi connectivity index (χ2n) is 5.19. The fourth-order valence-electron chi connectivity index (χ4n) is 2.56. The van der Waals surface area contributed by atoms with Crippen molar-refractivity contribution in [2.24, 2.45) is 0 Å². The predicted molar refractivity (Wildman–Crippen MR) is 83.9 cm³/mol. The van der Waals surface area contributed by atoms with Crippen LogP contribution in [0.15, 0.2) is 12.4 Å². The Balaban J connectivity index is 2.92. The highest BCUT2D eigenvalue weighted by Gasteiger charge is 2.26. The Hall–Kier alpha value is -0.870. The van der Waals surface area contributed by atoms with Crippen LogP contribution in [0.3, 0.4) is 0 Å². The molecule has 116 valence electrons. The van der Waals surface area contributed by atoms with Crippen molar-refractivity contribution < 1.29 is 4.74 Å². The molecule has 2 unspecified atom stereocenters. The Bertz CT molecular complexity index is 345. The number of hydrogen-bond acceptors (Lipinski definition) is 3. The zero-order valence-electron chi connectivity index (χ0n) is 13.6. The molecule has 0 radical (unpaired) electrons. The number of imidazole rings is 1. The van der Waals surface area contributed by atoms with Gasteiger partial charge in [-0.2, -0.15) is 0 Å². The van der Waals surface area contributed by atoms with Crippen LogP contribution < -0.4 is 5.32 Å². The second-order valence-corrected chi connectivity index (χ2v) is 5.19. The third-order valence-electron chi connectivity index (χ3n) is 3.43. The van der Waals surface area contributed by atoms with Crippen LogP contribution >= 0.6 is 0 Å². The molecule has 0 saturated carbocycles. The summed E-state index contributed by atoms with van der Waals surface area (Å²) < 4.78 is 8.24. The lowest BCUT2D eigenvalue weighted by Gasteiger charge is -2.28. The molecule has 0 aliphatic carbocycles. The topological polar surface area (TPSA) is 39.1 Å². The van der Waals surface area contributed by atoms with Crippen LogP contribution in [0.2, 0.25) is 0 Å². The lowest BCUT2D eigenvalue weighted by molar-refractivity contribution is 0.0245. The van der Waals surface area contributed by atoms with Gasteiger partial charge < -0.3 is 14.6 Å². The molecule has 0 aliphatic rings. The standard InChI is InChI=1S/C16H31N3O/c1-5-9-14(20-8-4)15(17-10-6-2)16-18-11-13-19(16)12-7-3/h11,13-15,17H,5-10,12H2,1-4H3. The van der Waals surface area contributed by atoms with E-state index in [-0.39, 0.29) is 12.1 Å². The first kappa shape index (κ1) is 17.2. The SMILES string of the molecule is CCCNC(c1nccn1CCC)C(CCC)OCC. The van der Waals surface area contributed by atoms with Gasteiger partial charge in [0.15, 0.2) is 0 Å². The lowest BCUT2D eigenvalue weighted by atomic mass is 10.0. The van der Waals surface area contributed by atoms with Crippen molar-refractivity contribution in [1.29, 1.82) is 0 Å². The average Bonchev–Trinajstić information content (AvgIpc) is 2.88. The van der Waals surface area contributed by atoms with Gasteiger partial charge >= 0.3 is 0 Å². The van der Waals surface area contributed by atoms with E-state index in [9.17, 15) is 0 Å². The van der Waals surface area contributed by atoms with E-state index in [1.54, 1.807) is 0 Å². The number of rotatable bonds is 11. The molecule has 0 bridgehead atoms. The van der Waals surface area contributed by atoms with Crippen molar-refractivity contribution in [3.63, 3.8) is 0 Å². The largest absolute Gasteiger partial charge is 0.376 e. The van der Waals surface area contributed by atoms with Crippen LogP contribution in [0.4, 0.5) is 0 Å². The Kier molecular flexibility index (Phi) is 8.54. The predicted octanol–water partition coefficient (Wildman–Crippen LogP) is 3.54. The summed E-state index contributed by atoms with van der Waals surface area (Å²) in [5.74, 6) is 1.12. The number of aryl methyl sites for hydroxylation is 1. The summed E-state index contributed by atoms with van der Waals surface area (Å²) in [6.07, 6.45) is 8.62. The van der Waals surface area contributed by atoms with E-state index < -0.39 is 0 Å². The van der Waals surface area contributed by atoms with Gasteiger partial charge in [-0.15, -0.1) is 0 Å². The van der Waals surface area contributed by atoms with Gasteiger partial charge in [0.25, 0.3) is 0 Å². The van der Waals surface area contributed by atoms with Crippen LogP contribution in [0.5, 0.6) is 0 Å². The number of aromatic nitrogens is 2. The molecule has 20 heavy (non-hydrogen) atoms. The van der Waals surface area contributed by atoms with Crippen molar-refractivity contribution in [3.8, 4) is 0 Å². The fraction of sp³-hybridized carbons (Fsp3) is 0.812. The lowest BCUT2D eigenvalue weighted by Crippen LogP contribution is -2.36. The summed E-state index contributed by atoms with van der Waals surface area (Å²) >= 11 is 0. The van der Waals surface area contributed by atoms with Crippen LogP contribution in [-0.2, 0) is 11.3 Å².